The Labute approximate surface area is 87.5 Å². The Morgan fingerprint density at radius 3 is 2.50 bits per heavy atom. The Balaban J connectivity index is 2.27. The molecule has 0 radical (unpaired) electrons. The summed E-state index contributed by atoms with van der Waals surface area (Å²) >= 11 is 0. The molecule has 0 atom stereocenters. The summed E-state index contributed by atoms with van der Waals surface area (Å²) in [6.45, 7) is 5.71. The lowest BCUT2D eigenvalue weighted by molar-refractivity contribution is -0.130. The Morgan fingerprint density at radius 1 is 1.43 bits per heavy atom. The van der Waals surface area contributed by atoms with Crippen molar-refractivity contribution in [2.24, 2.45) is 0 Å². The van der Waals surface area contributed by atoms with Crippen molar-refractivity contribution in [1.82, 2.24) is 10.2 Å². The van der Waals surface area contributed by atoms with Gasteiger partial charge in [-0.1, -0.05) is 13.8 Å². The highest BCUT2D eigenvalue weighted by Gasteiger charge is 2.19. The van der Waals surface area contributed by atoms with Gasteiger partial charge in [-0.25, -0.2) is 0 Å². The maximum Gasteiger partial charge on any atom is 0.236 e. The summed E-state index contributed by atoms with van der Waals surface area (Å²) < 4.78 is 11.1. The number of amides is 1. The largest absolute Gasteiger partial charge is 0.340 e. The quantitative estimate of drug-likeness (QED) is 0.699. The molecule has 1 heterocycles. The SMILES string of the molecule is CC(C)NCC(=O)N1CCS(=O)CC1. The molecule has 1 aliphatic heterocycles. The van der Waals surface area contributed by atoms with Crippen molar-refractivity contribution in [2.75, 3.05) is 31.1 Å². The summed E-state index contributed by atoms with van der Waals surface area (Å²) in [4.78, 5) is 13.4. The van der Waals surface area contributed by atoms with Crippen LogP contribution in [0.25, 0.3) is 0 Å². The van der Waals surface area contributed by atoms with Gasteiger partial charge in [0.15, 0.2) is 0 Å². The van der Waals surface area contributed by atoms with Crippen LogP contribution in [0.15, 0.2) is 0 Å². The molecular weight excluding hydrogens is 200 g/mol. The normalized spacial score (nSPS) is 18.9. The van der Waals surface area contributed by atoms with Gasteiger partial charge in [0.05, 0.1) is 6.54 Å². The lowest BCUT2D eigenvalue weighted by atomic mass is 10.3. The molecular formula is C9H18N2O2S. The van der Waals surface area contributed by atoms with Crippen molar-refractivity contribution in [3.05, 3.63) is 0 Å². The van der Waals surface area contributed by atoms with E-state index >= 15 is 0 Å². The van der Waals surface area contributed by atoms with Crippen LogP contribution in [0.1, 0.15) is 13.8 Å². The summed E-state index contributed by atoms with van der Waals surface area (Å²) in [6, 6.07) is 0.331. The Kier molecular flexibility index (Phi) is 4.54. The topological polar surface area (TPSA) is 49.4 Å². The predicted molar refractivity (Wildman–Crippen MR) is 57.6 cm³/mol. The van der Waals surface area contributed by atoms with E-state index in [0.29, 0.717) is 37.2 Å². The van der Waals surface area contributed by atoms with Crippen LogP contribution in [-0.4, -0.2) is 52.2 Å². The molecule has 1 N–H and O–H groups in total. The van der Waals surface area contributed by atoms with E-state index < -0.39 is 10.8 Å². The van der Waals surface area contributed by atoms with Crippen LogP contribution in [0, 0.1) is 0 Å². The van der Waals surface area contributed by atoms with E-state index in [9.17, 15) is 9.00 Å². The van der Waals surface area contributed by atoms with E-state index in [-0.39, 0.29) is 5.91 Å². The van der Waals surface area contributed by atoms with Gasteiger partial charge >= 0.3 is 0 Å². The van der Waals surface area contributed by atoms with Crippen molar-refractivity contribution in [1.29, 1.82) is 0 Å². The first-order valence-corrected chi connectivity index (χ1v) is 6.44. The molecule has 4 nitrogen and oxygen atoms in total. The minimum absolute atomic E-state index is 0.121. The van der Waals surface area contributed by atoms with Crippen LogP contribution in [0.5, 0.6) is 0 Å². The number of rotatable bonds is 3. The Bertz CT molecular complexity index is 221. The molecule has 0 aromatic rings. The number of hydrogen-bond acceptors (Lipinski definition) is 3. The third-order valence-corrected chi connectivity index (χ3v) is 3.47. The van der Waals surface area contributed by atoms with Crippen molar-refractivity contribution in [3.8, 4) is 0 Å². The molecule has 0 spiro atoms. The molecule has 0 aromatic heterocycles. The highest BCUT2D eigenvalue weighted by molar-refractivity contribution is 7.85. The molecule has 0 saturated carbocycles. The molecule has 0 unspecified atom stereocenters. The predicted octanol–water partition coefficient (Wildman–Crippen LogP) is -0.425. The van der Waals surface area contributed by atoms with Crippen LogP contribution in [0.2, 0.25) is 0 Å². The maximum absolute atomic E-state index is 11.6. The molecule has 1 rings (SSSR count). The zero-order chi connectivity index (χ0) is 10.6. The van der Waals surface area contributed by atoms with Gasteiger partial charge in [-0.2, -0.15) is 0 Å². The minimum Gasteiger partial charge on any atom is -0.340 e. The first kappa shape index (κ1) is 11.7. The van der Waals surface area contributed by atoms with Crippen molar-refractivity contribution in [2.45, 2.75) is 19.9 Å². The lowest BCUT2D eigenvalue weighted by Gasteiger charge is -2.26. The first-order chi connectivity index (χ1) is 6.59. The highest BCUT2D eigenvalue weighted by atomic mass is 32.2. The van der Waals surface area contributed by atoms with Crippen LogP contribution in [0.4, 0.5) is 0 Å². The molecule has 0 aromatic carbocycles. The van der Waals surface area contributed by atoms with Gasteiger partial charge in [-0.3, -0.25) is 9.00 Å². The second kappa shape index (κ2) is 5.46. The maximum atomic E-state index is 11.6. The van der Waals surface area contributed by atoms with E-state index in [1.807, 2.05) is 13.8 Å². The number of hydrogen-bond donors (Lipinski definition) is 1. The van der Waals surface area contributed by atoms with Crippen molar-refractivity contribution in [3.63, 3.8) is 0 Å². The molecule has 1 amide bonds. The number of nitrogens with zero attached hydrogens (tertiary/aromatic N) is 1. The zero-order valence-electron chi connectivity index (χ0n) is 8.78. The molecule has 82 valence electrons. The average Bonchev–Trinajstić information content (AvgIpc) is 2.15. The van der Waals surface area contributed by atoms with Gasteiger partial charge < -0.3 is 10.2 Å². The fourth-order valence-electron chi connectivity index (χ4n) is 1.29. The molecule has 5 heteroatoms. The third-order valence-electron chi connectivity index (χ3n) is 2.19. The third kappa shape index (κ3) is 3.75. The zero-order valence-corrected chi connectivity index (χ0v) is 9.60. The Hall–Kier alpha value is -0.420. The van der Waals surface area contributed by atoms with Gasteiger partial charge in [-0.05, 0) is 0 Å². The smallest absolute Gasteiger partial charge is 0.236 e. The van der Waals surface area contributed by atoms with Gasteiger partial charge in [0.2, 0.25) is 5.91 Å². The average molecular weight is 218 g/mol. The van der Waals surface area contributed by atoms with E-state index in [1.165, 1.54) is 0 Å². The van der Waals surface area contributed by atoms with Gasteiger partial charge in [0.1, 0.15) is 0 Å². The summed E-state index contributed by atoms with van der Waals surface area (Å²) in [6.07, 6.45) is 0. The molecule has 1 aliphatic rings. The van der Waals surface area contributed by atoms with E-state index in [0.717, 1.165) is 0 Å². The van der Waals surface area contributed by atoms with E-state index in [2.05, 4.69) is 5.32 Å². The number of nitrogens with one attached hydrogen (secondary N) is 1. The number of carbonyl (C=O) groups excluding carboxylic acids is 1. The van der Waals surface area contributed by atoms with Crippen LogP contribution >= 0.6 is 0 Å². The molecule has 0 aliphatic carbocycles. The first-order valence-electron chi connectivity index (χ1n) is 4.95. The molecule has 14 heavy (non-hydrogen) atoms. The standard InChI is InChI=1S/C9H18N2O2S/c1-8(2)10-7-9(12)11-3-5-14(13)6-4-11/h8,10H,3-7H2,1-2H3. The highest BCUT2D eigenvalue weighted by Crippen LogP contribution is 1.99. The van der Waals surface area contributed by atoms with Crippen molar-refractivity contribution < 1.29 is 9.00 Å². The van der Waals surface area contributed by atoms with Crippen molar-refractivity contribution >= 4 is 16.7 Å². The molecule has 1 fully saturated rings. The van der Waals surface area contributed by atoms with Crippen LogP contribution in [-0.2, 0) is 15.6 Å². The lowest BCUT2D eigenvalue weighted by Crippen LogP contribution is -2.46. The summed E-state index contributed by atoms with van der Waals surface area (Å²) in [5, 5.41) is 3.09. The van der Waals surface area contributed by atoms with E-state index in [1.54, 1.807) is 4.90 Å². The van der Waals surface area contributed by atoms with Gasteiger partial charge in [0.25, 0.3) is 0 Å². The Morgan fingerprint density at radius 2 is 2.00 bits per heavy atom. The second-order valence-corrected chi connectivity index (χ2v) is 5.46. The fraction of sp³-hybridized carbons (Fsp3) is 0.889. The minimum atomic E-state index is -0.704. The molecule has 0 bridgehead atoms. The fourth-order valence-corrected chi connectivity index (χ4v) is 2.34. The van der Waals surface area contributed by atoms with Gasteiger partial charge in [-0.15, -0.1) is 0 Å². The number of carbonyl (C=O) groups is 1. The van der Waals surface area contributed by atoms with Gasteiger partial charge in [0, 0.05) is 41.4 Å². The monoisotopic (exact) mass is 218 g/mol. The molecule has 1 saturated heterocycles. The summed E-state index contributed by atoms with van der Waals surface area (Å²) in [7, 11) is -0.704. The summed E-state index contributed by atoms with van der Waals surface area (Å²) in [5.74, 6) is 1.39. The summed E-state index contributed by atoms with van der Waals surface area (Å²) in [5.41, 5.74) is 0. The second-order valence-electron chi connectivity index (χ2n) is 3.76. The van der Waals surface area contributed by atoms with Crippen LogP contribution in [0.3, 0.4) is 0 Å². The van der Waals surface area contributed by atoms with Crippen LogP contribution < -0.4 is 5.32 Å². The van der Waals surface area contributed by atoms with E-state index in [4.69, 9.17) is 0 Å².